The summed E-state index contributed by atoms with van der Waals surface area (Å²) in [5.74, 6) is -0.546. The Balaban J connectivity index is 1.67. The maximum Gasteiger partial charge on any atom is 0.309 e. The maximum atomic E-state index is 12.9. The summed E-state index contributed by atoms with van der Waals surface area (Å²) in [6.45, 7) is 6.85. The molecule has 0 aromatic heterocycles. The molecule has 27 heavy (non-hydrogen) atoms. The molecule has 2 aliphatic rings. The minimum absolute atomic E-state index is 0.000961. The van der Waals surface area contributed by atoms with Gasteiger partial charge in [-0.2, -0.15) is 0 Å². The van der Waals surface area contributed by atoms with Crippen LogP contribution in [0.5, 0.6) is 0 Å². The summed E-state index contributed by atoms with van der Waals surface area (Å²) in [4.78, 5) is 40.8. The van der Waals surface area contributed by atoms with Gasteiger partial charge in [-0.1, -0.05) is 11.6 Å². The number of nitrogens with zero attached hydrogens (tertiary/aromatic N) is 2. The van der Waals surface area contributed by atoms with Crippen LogP contribution in [0.4, 0.5) is 5.69 Å². The highest BCUT2D eigenvalue weighted by Gasteiger charge is 2.45. The van der Waals surface area contributed by atoms with E-state index in [0.717, 1.165) is 11.3 Å². The molecule has 7 heteroatoms. The van der Waals surface area contributed by atoms with Gasteiger partial charge >= 0.3 is 5.97 Å². The molecule has 1 aromatic carbocycles. The lowest BCUT2D eigenvalue weighted by Gasteiger charge is -2.32. The van der Waals surface area contributed by atoms with Crippen LogP contribution in [0, 0.1) is 5.92 Å². The number of carbonyl (C=O) groups excluding carboxylic acids is 3. The van der Waals surface area contributed by atoms with Crippen molar-refractivity contribution in [3.05, 3.63) is 28.8 Å². The minimum atomic E-state index is -0.711. The molecule has 1 saturated heterocycles. The van der Waals surface area contributed by atoms with Crippen LogP contribution in [-0.4, -0.2) is 48.9 Å². The van der Waals surface area contributed by atoms with Crippen molar-refractivity contribution in [3.8, 4) is 0 Å². The highest BCUT2D eigenvalue weighted by atomic mass is 35.5. The molecule has 0 unspecified atom stereocenters. The van der Waals surface area contributed by atoms with Crippen LogP contribution >= 0.6 is 11.6 Å². The lowest BCUT2D eigenvalue weighted by Crippen LogP contribution is -2.47. The van der Waals surface area contributed by atoms with Gasteiger partial charge in [-0.15, -0.1) is 0 Å². The number of carbonyl (C=O) groups is 3. The quantitative estimate of drug-likeness (QED) is 0.739. The number of fused-ring (bicyclic) bond motifs is 1. The highest BCUT2D eigenvalue weighted by Crippen LogP contribution is 2.42. The molecule has 0 radical (unpaired) electrons. The molecule has 2 aliphatic heterocycles. The summed E-state index contributed by atoms with van der Waals surface area (Å²) in [6, 6.07) is 5.33. The summed E-state index contributed by atoms with van der Waals surface area (Å²) >= 11 is 6.09. The number of hydrogen-bond donors (Lipinski definition) is 0. The van der Waals surface area contributed by atoms with Crippen molar-refractivity contribution >= 4 is 35.1 Å². The molecule has 0 atom stereocenters. The Morgan fingerprint density at radius 1 is 1.26 bits per heavy atom. The van der Waals surface area contributed by atoms with Crippen molar-refractivity contribution in [3.63, 3.8) is 0 Å². The molecule has 0 spiro atoms. The van der Waals surface area contributed by atoms with Gasteiger partial charge in [0.1, 0.15) is 6.54 Å². The van der Waals surface area contributed by atoms with Gasteiger partial charge in [-0.05, 0) is 57.4 Å². The molecule has 1 aromatic rings. The fourth-order valence-corrected chi connectivity index (χ4v) is 4.00. The van der Waals surface area contributed by atoms with Gasteiger partial charge in [-0.25, -0.2) is 0 Å². The zero-order chi connectivity index (χ0) is 19.8. The molecule has 2 heterocycles. The third-order valence-corrected chi connectivity index (χ3v) is 5.70. The van der Waals surface area contributed by atoms with E-state index in [1.165, 1.54) is 0 Å². The van der Waals surface area contributed by atoms with Crippen LogP contribution in [0.3, 0.4) is 0 Å². The summed E-state index contributed by atoms with van der Waals surface area (Å²) in [7, 11) is 0. The normalized spacial score (nSPS) is 19.2. The van der Waals surface area contributed by atoms with E-state index in [4.69, 9.17) is 16.3 Å². The van der Waals surface area contributed by atoms with Gasteiger partial charge < -0.3 is 14.5 Å². The topological polar surface area (TPSA) is 66.9 Å². The van der Waals surface area contributed by atoms with E-state index in [-0.39, 0.29) is 30.2 Å². The summed E-state index contributed by atoms with van der Waals surface area (Å²) < 4.78 is 5.06. The van der Waals surface area contributed by atoms with Crippen molar-refractivity contribution in [1.29, 1.82) is 0 Å². The molecular formula is C20H25ClN2O4. The van der Waals surface area contributed by atoms with Crippen LogP contribution in [0.25, 0.3) is 0 Å². The Kier molecular flexibility index (Phi) is 5.47. The van der Waals surface area contributed by atoms with E-state index in [1.54, 1.807) is 34.9 Å². The first-order valence-electron chi connectivity index (χ1n) is 9.32. The van der Waals surface area contributed by atoms with Gasteiger partial charge in [0.15, 0.2) is 0 Å². The van der Waals surface area contributed by atoms with Crippen LogP contribution < -0.4 is 4.90 Å². The van der Waals surface area contributed by atoms with Gasteiger partial charge in [0.05, 0.1) is 17.9 Å². The zero-order valence-electron chi connectivity index (χ0n) is 16.0. The molecule has 2 amide bonds. The molecule has 3 rings (SSSR count). The molecule has 146 valence electrons. The number of amides is 2. The standard InChI is InChI=1S/C20H25ClN2O4/c1-4-27-18(25)13-7-9-22(10-8-13)17(24)12-23-16-6-5-14(21)11-15(16)20(2,3)19(23)26/h5-6,11,13H,4,7-10,12H2,1-3H3. The average Bonchev–Trinajstić information content (AvgIpc) is 2.82. The number of ether oxygens (including phenoxy) is 1. The molecule has 0 saturated carbocycles. The van der Waals surface area contributed by atoms with Gasteiger partial charge in [0, 0.05) is 23.8 Å². The van der Waals surface area contributed by atoms with Crippen LogP contribution in [0.15, 0.2) is 18.2 Å². The maximum absolute atomic E-state index is 12.9. The highest BCUT2D eigenvalue weighted by molar-refractivity contribution is 6.31. The van der Waals surface area contributed by atoms with Crippen molar-refractivity contribution < 1.29 is 19.1 Å². The van der Waals surface area contributed by atoms with Crippen molar-refractivity contribution in [2.24, 2.45) is 5.92 Å². The lowest BCUT2D eigenvalue weighted by atomic mass is 9.86. The molecular weight excluding hydrogens is 368 g/mol. The first kappa shape index (κ1) is 19.7. The van der Waals surface area contributed by atoms with Crippen LogP contribution in [0.2, 0.25) is 5.02 Å². The number of rotatable bonds is 4. The first-order valence-corrected chi connectivity index (χ1v) is 9.70. The molecule has 6 nitrogen and oxygen atoms in total. The third kappa shape index (κ3) is 3.68. The molecule has 0 N–H and O–H groups in total. The van der Waals surface area contributed by atoms with Gasteiger partial charge in [-0.3, -0.25) is 14.4 Å². The largest absolute Gasteiger partial charge is 0.466 e. The van der Waals surface area contributed by atoms with E-state index in [9.17, 15) is 14.4 Å². The summed E-state index contributed by atoms with van der Waals surface area (Å²) in [5, 5.41) is 0.573. The van der Waals surface area contributed by atoms with E-state index in [0.29, 0.717) is 37.6 Å². The van der Waals surface area contributed by atoms with Crippen molar-refractivity contribution in [1.82, 2.24) is 4.90 Å². The third-order valence-electron chi connectivity index (χ3n) is 5.46. The Morgan fingerprint density at radius 3 is 2.56 bits per heavy atom. The van der Waals surface area contributed by atoms with Crippen LogP contribution in [0.1, 0.15) is 39.2 Å². The summed E-state index contributed by atoms with van der Waals surface area (Å²) in [6.07, 6.45) is 1.19. The van der Waals surface area contributed by atoms with E-state index >= 15 is 0 Å². The number of anilines is 1. The smallest absolute Gasteiger partial charge is 0.309 e. The Labute approximate surface area is 164 Å². The second-order valence-corrected chi connectivity index (χ2v) is 8.02. The van der Waals surface area contributed by atoms with E-state index in [1.807, 2.05) is 13.8 Å². The lowest BCUT2D eigenvalue weighted by molar-refractivity contribution is -0.151. The number of esters is 1. The number of hydrogen-bond acceptors (Lipinski definition) is 4. The predicted molar refractivity (Wildman–Crippen MR) is 103 cm³/mol. The first-order chi connectivity index (χ1) is 12.8. The Bertz CT molecular complexity index is 769. The fraction of sp³-hybridized carbons (Fsp3) is 0.550. The Morgan fingerprint density at radius 2 is 1.93 bits per heavy atom. The second-order valence-electron chi connectivity index (χ2n) is 7.58. The fourth-order valence-electron chi connectivity index (χ4n) is 3.82. The number of benzene rings is 1. The molecule has 0 aliphatic carbocycles. The van der Waals surface area contributed by atoms with Crippen molar-refractivity contribution in [2.45, 2.75) is 39.0 Å². The van der Waals surface area contributed by atoms with Gasteiger partial charge in [0.2, 0.25) is 11.8 Å². The predicted octanol–water partition coefficient (Wildman–Crippen LogP) is 2.77. The average molecular weight is 393 g/mol. The van der Waals surface area contributed by atoms with Gasteiger partial charge in [0.25, 0.3) is 0 Å². The molecule has 1 fully saturated rings. The van der Waals surface area contributed by atoms with E-state index < -0.39 is 5.41 Å². The minimum Gasteiger partial charge on any atom is -0.466 e. The van der Waals surface area contributed by atoms with E-state index in [2.05, 4.69) is 0 Å². The number of halogens is 1. The number of piperidine rings is 1. The number of likely N-dealkylation sites (tertiary alicyclic amines) is 1. The Hall–Kier alpha value is -2.08. The SMILES string of the molecule is CCOC(=O)C1CCN(C(=O)CN2C(=O)C(C)(C)c3cc(Cl)ccc32)CC1. The monoisotopic (exact) mass is 392 g/mol. The van der Waals surface area contributed by atoms with Crippen LogP contribution in [-0.2, 0) is 24.5 Å². The molecule has 0 bridgehead atoms. The van der Waals surface area contributed by atoms with Crippen molar-refractivity contribution in [2.75, 3.05) is 31.1 Å². The second kappa shape index (κ2) is 7.50. The zero-order valence-corrected chi connectivity index (χ0v) is 16.7. The summed E-state index contributed by atoms with van der Waals surface area (Å²) in [5.41, 5.74) is 0.871.